The van der Waals surface area contributed by atoms with Gasteiger partial charge in [0.15, 0.2) is 11.3 Å². The zero-order valence-electron chi connectivity index (χ0n) is 17.8. The molecule has 0 saturated heterocycles. The Bertz CT molecular complexity index is 1040. The number of ether oxygens (including phenoxy) is 1. The number of aromatic amines is 1. The van der Waals surface area contributed by atoms with Gasteiger partial charge in [-0.2, -0.15) is 0 Å². The van der Waals surface area contributed by atoms with Gasteiger partial charge in [-0.05, 0) is 50.4 Å². The van der Waals surface area contributed by atoms with Gasteiger partial charge in [0.2, 0.25) is 0 Å². The molecule has 8 heteroatoms. The van der Waals surface area contributed by atoms with E-state index in [-0.39, 0.29) is 5.56 Å². The summed E-state index contributed by atoms with van der Waals surface area (Å²) in [6, 6.07) is 6.01. The van der Waals surface area contributed by atoms with Gasteiger partial charge >= 0.3 is 0 Å². The summed E-state index contributed by atoms with van der Waals surface area (Å²) in [5.74, 6) is 1.99. The maximum atomic E-state index is 12.8. The SMILES string of the molecule is CCCc1nc(C)c2c(=O)[nH]c(-c3cc(SN(CC)CC)ccc3OCC)nn12. The molecule has 3 aromatic rings. The van der Waals surface area contributed by atoms with E-state index < -0.39 is 0 Å². The van der Waals surface area contributed by atoms with Crippen LogP contribution in [0.5, 0.6) is 5.75 Å². The maximum Gasteiger partial charge on any atom is 0.277 e. The first kappa shape index (κ1) is 21.4. The molecule has 1 N–H and O–H groups in total. The Balaban J connectivity index is 2.15. The predicted molar refractivity (Wildman–Crippen MR) is 118 cm³/mol. The highest BCUT2D eigenvalue weighted by Gasteiger charge is 2.17. The third-order valence-electron chi connectivity index (χ3n) is 4.66. The van der Waals surface area contributed by atoms with Crippen LogP contribution >= 0.6 is 11.9 Å². The second-order valence-electron chi connectivity index (χ2n) is 6.72. The van der Waals surface area contributed by atoms with Crippen LogP contribution in [-0.4, -0.2) is 43.6 Å². The highest BCUT2D eigenvalue weighted by molar-refractivity contribution is 7.97. The fourth-order valence-electron chi connectivity index (χ4n) is 3.28. The Labute approximate surface area is 175 Å². The number of benzene rings is 1. The third-order valence-corrected chi connectivity index (χ3v) is 5.90. The van der Waals surface area contributed by atoms with E-state index in [4.69, 9.17) is 9.84 Å². The van der Waals surface area contributed by atoms with Crippen molar-refractivity contribution in [1.29, 1.82) is 0 Å². The lowest BCUT2D eigenvalue weighted by Crippen LogP contribution is -2.16. The van der Waals surface area contributed by atoms with E-state index in [0.29, 0.717) is 29.4 Å². The summed E-state index contributed by atoms with van der Waals surface area (Å²) in [5, 5.41) is 4.74. The molecule has 29 heavy (non-hydrogen) atoms. The second-order valence-corrected chi connectivity index (χ2v) is 7.89. The van der Waals surface area contributed by atoms with Crippen LogP contribution in [0.4, 0.5) is 0 Å². The van der Waals surface area contributed by atoms with Crippen molar-refractivity contribution in [3.8, 4) is 17.1 Å². The molecule has 3 rings (SSSR count). The molecule has 156 valence electrons. The van der Waals surface area contributed by atoms with Gasteiger partial charge < -0.3 is 9.72 Å². The lowest BCUT2D eigenvalue weighted by Gasteiger charge is -2.18. The van der Waals surface area contributed by atoms with Gasteiger partial charge in [-0.3, -0.25) is 4.79 Å². The van der Waals surface area contributed by atoms with E-state index >= 15 is 0 Å². The average Bonchev–Trinajstić information content (AvgIpc) is 3.03. The molecule has 0 spiro atoms. The molecule has 0 bridgehead atoms. The minimum Gasteiger partial charge on any atom is -0.493 e. The van der Waals surface area contributed by atoms with Crippen molar-refractivity contribution in [2.75, 3.05) is 19.7 Å². The number of hydrogen-bond acceptors (Lipinski definition) is 6. The number of rotatable bonds is 9. The van der Waals surface area contributed by atoms with E-state index in [1.54, 1.807) is 16.5 Å². The molecule has 0 aliphatic rings. The highest BCUT2D eigenvalue weighted by Crippen LogP contribution is 2.33. The summed E-state index contributed by atoms with van der Waals surface area (Å²) < 4.78 is 9.78. The van der Waals surface area contributed by atoms with Crippen LogP contribution in [-0.2, 0) is 6.42 Å². The number of nitrogens with zero attached hydrogens (tertiary/aromatic N) is 4. The number of imidazole rings is 1. The molecule has 0 radical (unpaired) electrons. The molecule has 0 unspecified atom stereocenters. The van der Waals surface area contributed by atoms with Gasteiger partial charge in [0.25, 0.3) is 5.56 Å². The molecule has 1 aromatic carbocycles. The fraction of sp³-hybridized carbons (Fsp3) is 0.476. The van der Waals surface area contributed by atoms with E-state index in [9.17, 15) is 4.79 Å². The Morgan fingerprint density at radius 3 is 2.62 bits per heavy atom. The van der Waals surface area contributed by atoms with Crippen LogP contribution in [0.15, 0.2) is 27.9 Å². The van der Waals surface area contributed by atoms with Crippen LogP contribution in [0.3, 0.4) is 0 Å². The summed E-state index contributed by atoms with van der Waals surface area (Å²) in [6.45, 7) is 12.6. The molecule has 2 aromatic heterocycles. The molecule has 0 amide bonds. The molecule has 0 fully saturated rings. The lowest BCUT2D eigenvalue weighted by atomic mass is 10.2. The molecule has 0 aliphatic carbocycles. The monoisotopic (exact) mass is 415 g/mol. The molecule has 0 saturated carbocycles. The summed E-state index contributed by atoms with van der Waals surface area (Å²) >= 11 is 1.69. The van der Waals surface area contributed by atoms with Gasteiger partial charge in [-0.1, -0.05) is 20.8 Å². The van der Waals surface area contributed by atoms with Gasteiger partial charge in [0.1, 0.15) is 11.6 Å². The Morgan fingerprint density at radius 2 is 1.97 bits per heavy atom. The number of aromatic nitrogens is 4. The van der Waals surface area contributed by atoms with Crippen LogP contribution in [0.25, 0.3) is 16.9 Å². The van der Waals surface area contributed by atoms with E-state index in [2.05, 4.69) is 35.0 Å². The first-order chi connectivity index (χ1) is 14.0. The summed E-state index contributed by atoms with van der Waals surface area (Å²) in [6.07, 6.45) is 1.70. The number of aryl methyl sites for hydroxylation is 2. The van der Waals surface area contributed by atoms with E-state index in [0.717, 1.165) is 42.2 Å². The smallest absolute Gasteiger partial charge is 0.277 e. The zero-order valence-corrected chi connectivity index (χ0v) is 18.6. The van der Waals surface area contributed by atoms with Crippen molar-refractivity contribution in [2.24, 2.45) is 0 Å². The van der Waals surface area contributed by atoms with Crippen molar-refractivity contribution in [2.45, 2.75) is 52.4 Å². The van der Waals surface area contributed by atoms with Crippen LogP contribution in [0.1, 0.15) is 45.6 Å². The van der Waals surface area contributed by atoms with Gasteiger partial charge in [-0.25, -0.2) is 13.8 Å². The summed E-state index contributed by atoms with van der Waals surface area (Å²) in [5.41, 5.74) is 1.79. The maximum absolute atomic E-state index is 12.8. The quantitative estimate of drug-likeness (QED) is 0.531. The molecule has 0 atom stereocenters. The van der Waals surface area contributed by atoms with Crippen molar-refractivity contribution in [1.82, 2.24) is 23.9 Å². The third kappa shape index (κ3) is 4.48. The van der Waals surface area contributed by atoms with Crippen molar-refractivity contribution < 1.29 is 4.74 Å². The van der Waals surface area contributed by atoms with Crippen molar-refractivity contribution >= 4 is 17.5 Å². The van der Waals surface area contributed by atoms with Gasteiger partial charge in [-0.15, -0.1) is 5.10 Å². The summed E-state index contributed by atoms with van der Waals surface area (Å²) in [7, 11) is 0. The topological polar surface area (TPSA) is 75.5 Å². The number of H-pyrrole nitrogens is 1. The summed E-state index contributed by atoms with van der Waals surface area (Å²) in [4.78, 5) is 21.4. The molecule has 7 nitrogen and oxygen atoms in total. The van der Waals surface area contributed by atoms with Crippen molar-refractivity contribution in [3.63, 3.8) is 0 Å². The predicted octanol–water partition coefficient (Wildman–Crippen LogP) is 4.09. The van der Waals surface area contributed by atoms with Crippen molar-refractivity contribution in [3.05, 3.63) is 40.1 Å². The van der Waals surface area contributed by atoms with Gasteiger partial charge in [0, 0.05) is 24.4 Å². The average molecular weight is 416 g/mol. The van der Waals surface area contributed by atoms with Crippen LogP contribution in [0.2, 0.25) is 0 Å². The first-order valence-corrected chi connectivity index (χ1v) is 11.0. The Morgan fingerprint density at radius 1 is 1.21 bits per heavy atom. The van der Waals surface area contributed by atoms with E-state index in [1.165, 1.54) is 0 Å². The number of hydrogen-bond donors (Lipinski definition) is 1. The normalized spacial score (nSPS) is 11.5. The zero-order chi connectivity index (χ0) is 21.0. The Hall–Kier alpha value is -2.32. The second kappa shape index (κ2) is 9.45. The molecule has 0 aliphatic heterocycles. The molecular weight excluding hydrogens is 386 g/mol. The molecule has 2 heterocycles. The standard InChI is InChI=1S/C21H29N5O2S/c1-6-10-18-22-14(5)19-21(27)23-20(24-26(18)19)16-13-15(29-25(7-2)8-3)11-12-17(16)28-9-4/h11-13H,6-10H2,1-5H3,(H,23,24,27). The minimum absolute atomic E-state index is 0.188. The van der Waals surface area contributed by atoms with Gasteiger partial charge in [0.05, 0.1) is 17.9 Å². The Kier molecular flexibility index (Phi) is 6.97. The number of nitrogens with one attached hydrogen (secondary N) is 1. The van der Waals surface area contributed by atoms with Crippen LogP contribution < -0.4 is 10.3 Å². The molecular formula is C21H29N5O2S. The highest BCUT2D eigenvalue weighted by atomic mass is 32.2. The number of fused-ring (bicyclic) bond motifs is 1. The van der Waals surface area contributed by atoms with E-state index in [1.807, 2.05) is 32.0 Å². The largest absolute Gasteiger partial charge is 0.493 e. The lowest BCUT2D eigenvalue weighted by molar-refractivity contribution is 0.341. The minimum atomic E-state index is -0.188. The first-order valence-electron chi connectivity index (χ1n) is 10.2. The fourth-order valence-corrected chi connectivity index (χ4v) is 4.13. The van der Waals surface area contributed by atoms with Crippen LogP contribution in [0, 0.1) is 6.92 Å².